The van der Waals surface area contributed by atoms with Crippen molar-refractivity contribution < 1.29 is 18.9 Å². The van der Waals surface area contributed by atoms with E-state index in [0.717, 1.165) is 0 Å². The van der Waals surface area contributed by atoms with Gasteiger partial charge in [-0.25, -0.2) is 4.57 Å². The molecule has 52 valence electrons. The van der Waals surface area contributed by atoms with Gasteiger partial charge in [0.15, 0.2) is 0 Å². The number of hydrogen-bond donors (Lipinski definition) is 2. The normalized spacial score (nSPS) is 11.2. The number of phosphoric acid groups is 1. The van der Waals surface area contributed by atoms with E-state index in [1.54, 1.807) is 13.8 Å². The molecular formula is C3H10NaO4P. The van der Waals surface area contributed by atoms with Gasteiger partial charge in [0.25, 0.3) is 0 Å². The van der Waals surface area contributed by atoms with Gasteiger partial charge in [-0.15, -0.1) is 0 Å². The van der Waals surface area contributed by atoms with Crippen molar-refractivity contribution >= 4 is 37.4 Å². The van der Waals surface area contributed by atoms with Gasteiger partial charge in [0, 0.05) is 0 Å². The Hall–Kier alpha value is 1.11. The van der Waals surface area contributed by atoms with E-state index in [0.29, 0.717) is 0 Å². The molecule has 0 saturated carbocycles. The Balaban J connectivity index is 0. The molecule has 2 N–H and O–H groups in total. The summed E-state index contributed by atoms with van der Waals surface area (Å²) in [7, 11) is -4.22. The molecule has 9 heavy (non-hydrogen) atoms. The molecule has 4 nitrogen and oxygen atoms in total. The van der Waals surface area contributed by atoms with E-state index >= 15 is 0 Å². The molecule has 0 aliphatic carbocycles. The van der Waals surface area contributed by atoms with Crippen molar-refractivity contribution in [2.75, 3.05) is 0 Å². The van der Waals surface area contributed by atoms with Gasteiger partial charge in [0.1, 0.15) is 0 Å². The molecule has 6 heteroatoms. The van der Waals surface area contributed by atoms with Crippen LogP contribution in [-0.2, 0) is 9.09 Å². The van der Waals surface area contributed by atoms with Crippen LogP contribution in [0.3, 0.4) is 0 Å². The third kappa shape index (κ3) is 12.3. The van der Waals surface area contributed by atoms with E-state index < -0.39 is 13.9 Å². The van der Waals surface area contributed by atoms with Crippen LogP contribution in [0, 0.1) is 0 Å². The predicted octanol–water partition coefficient (Wildman–Crippen LogP) is -0.144. The monoisotopic (exact) mass is 164 g/mol. The van der Waals surface area contributed by atoms with Gasteiger partial charge in [-0.2, -0.15) is 0 Å². The topological polar surface area (TPSA) is 66.8 Å². The number of hydrogen-bond acceptors (Lipinski definition) is 2. The summed E-state index contributed by atoms with van der Waals surface area (Å²) < 4.78 is 14.0. The molecule has 0 fully saturated rings. The van der Waals surface area contributed by atoms with Crippen LogP contribution in [0.1, 0.15) is 13.8 Å². The quantitative estimate of drug-likeness (QED) is 0.440. The van der Waals surface area contributed by atoms with Gasteiger partial charge in [-0.3, -0.25) is 4.52 Å². The van der Waals surface area contributed by atoms with Crippen LogP contribution in [0.5, 0.6) is 0 Å². The zero-order chi connectivity index (χ0) is 6.78. The molecule has 0 radical (unpaired) electrons. The molecule has 0 unspecified atom stereocenters. The molecule has 0 heterocycles. The fraction of sp³-hybridized carbons (Fsp3) is 1.00. The Bertz CT molecular complexity index is 108. The van der Waals surface area contributed by atoms with Gasteiger partial charge >= 0.3 is 37.4 Å². The summed E-state index contributed by atoms with van der Waals surface area (Å²) in [6, 6.07) is 0. The SMILES string of the molecule is CC(C)OP(=O)(O)O.[NaH]. The zero-order valence-corrected chi connectivity index (χ0v) is 5.63. The van der Waals surface area contributed by atoms with Crippen LogP contribution in [0.4, 0.5) is 0 Å². The first-order valence-corrected chi connectivity index (χ1v) is 3.69. The maximum absolute atomic E-state index is 9.91. The first-order valence-electron chi connectivity index (χ1n) is 2.16. The summed E-state index contributed by atoms with van der Waals surface area (Å²) >= 11 is 0. The molecule has 0 aromatic heterocycles. The van der Waals surface area contributed by atoms with Crippen LogP contribution in [0.25, 0.3) is 0 Å². The van der Waals surface area contributed by atoms with Crippen LogP contribution in [0.2, 0.25) is 0 Å². The molecule has 0 amide bonds. The molecule has 0 aliphatic heterocycles. The molecule has 0 aromatic carbocycles. The van der Waals surface area contributed by atoms with Gasteiger partial charge in [0.05, 0.1) is 6.10 Å². The van der Waals surface area contributed by atoms with Gasteiger partial charge < -0.3 is 9.79 Å². The minimum absolute atomic E-state index is 0. The van der Waals surface area contributed by atoms with E-state index in [4.69, 9.17) is 9.79 Å². The van der Waals surface area contributed by atoms with E-state index in [1.807, 2.05) is 0 Å². The standard InChI is InChI=1S/C3H9O4P.Na.H/c1-3(2)7-8(4,5)6;;/h3H,1-2H3,(H2,4,5,6);;. The molecule has 0 aromatic rings. The Morgan fingerprint density at radius 2 is 1.78 bits per heavy atom. The zero-order valence-electron chi connectivity index (χ0n) is 4.74. The van der Waals surface area contributed by atoms with E-state index in [2.05, 4.69) is 4.52 Å². The summed E-state index contributed by atoms with van der Waals surface area (Å²) in [5.41, 5.74) is 0. The number of rotatable bonds is 2. The van der Waals surface area contributed by atoms with Crippen molar-refractivity contribution in [1.82, 2.24) is 0 Å². The first kappa shape index (κ1) is 12.8. The molecule has 0 spiro atoms. The minimum atomic E-state index is -4.22. The summed E-state index contributed by atoms with van der Waals surface area (Å²) in [5, 5.41) is 0. The van der Waals surface area contributed by atoms with Crippen LogP contribution in [0.15, 0.2) is 0 Å². The van der Waals surface area contributed by atoms with Gasteiger partial charge in [0.2, 0.25) is 0 Å². The molecule has 0 aliphatic rings. The summed E-state index contributed by atoms with van der Waals surface area (Å²) in [6.45, 7) is 3.11. The summed E-state index contributed by atoms with van der Waals surface area (Å²) in [5.74, 6) is 0. The van der Waals surface area contributed by atoms with E-state index in [1.165, 1.54) is 0 Å². The van der Waals surface area contributed by atoms with Crippen molar-refractivity contribution in [3.8, 4) is 0 Å². The second-order valence-electron chi connectivity index (χ2n) is 1.64. The molecular weight excluding hydrogens is 154 g/mol. The van der Waals surface area contributed by atoms with Crippen LogP contribution >= 0.6 is 7.82 Å². The van der Waals surface area contributed by atoms with Crippen molar-refractivity contribution in [2.45, 2.75) is 20.0 Å². The number of phosphoric ester groups is 1. The van der Waals surface area contributed by atoms with Gasteiger partial charge in [-0.1, -0.05) is 0 Å². The van der Waals surface area contributed by atoms with Crippen molar-refractivity contribution in [1.29, 1.82) is 0 Å². The second kappa shape index (κ2) is 4.85. The maximum atomic E-state index is 9.91. The summed E-state index contributed by atoms with van der Waals surface area (Å²) in [4.78, 5) is 16.2. The molecule has 0 saturated heterocycles. The van der Waals surface area contributed by atoms with Crippen molar-refractivity contribution in [2.24, 2.45) is 0 Å². The van der Waals surface area contributed by atoms with Crippen LogP contribution in [-0.4, -0.2) is 45.4 Å². The van der Waals surface area contributed by atoms with Gasteiger partial charge in [-0.05, 0) is 13.8 Å². The fourth-order valence-electron chi connectivity index (χ4n) is 0.275. The summed E-state index contributed by atoms with van der Waals surface area (Å²) in [6.07, 6.45) is -0.421. The molecule has 0 bridgehead atoms. The van der Waals surface area contributed by atoms with E-state index in [9.17, 15) is 4.57 Å². The predicted molar refractivity (Wildman–Crippen MR) is 35.4 cm³/mol. The van der Waals surface area contributed by atoms with Crippen molar-refractivity contribution in [3.63, 3.8) is 0 Å². The van der Waals surface area contributed by atoms with Crippen molar-refractivity contribution in [3.05, 3.63) is 0 Å². The average Bonchev–Trinajstić information content (AvgIpc) is 1.21. The Kier molecular flexibility index (Phi) is 6.88. The Morgan fingerprint density at radius 1 is 1.44 bits per heavy atom. The molecule has 0 rings (SSSR count). The first-order chi connectivity index (χ1) is 3.42. The third-order valence-corrected chi connectivity index (χ3v) is 1.04. The second-order valence-corrected chi connectivity index (χ2v) is 2.84. The van der Waals surface area contributed by atoms with Crippen LogP contribution < -0.4 is 0 Å². The molecule has 0 atom stereocenters. The Morgan fingerprint density at radius 3 is 1.78 bits per heavy atom. The average molecular weight is 164 g/mol. The van der Waals surface area contributed by atoms with E-state index in [-0.39, 0.29) is 29.6 Å². The fourth-order valence-corrected chi connectivity index (χ4v) is 0.824. The Labute approximate surface area is 76.1 Å². The third-order valence-electron chi connectivity index (χ3n) is 0.348.